The van der Waals surface area contributed by atoms with Crippen LogP contribution in [0.3, 0.4) is 0 Å². The number of carbonyl (C=O) groups is 1. The normalized spacial score (nSPS) is 11.9. The maximum Gasteiger partial charge on any atom is 0.237 e. The molecule has 2 aromatic carbocycles. The molecule has 110 valence electrons. The van der Waals surface area contributed by atoms with E-state index in [1.54, 1.807) is 11.8 Å². The second-order valence-corrected chi connectivity index (χ2v) is 6.28. The average Bonchev–Trinajstić information content (AvgIpc) is 2.50. The van der Waals surface area contributed by atoms with E-state index in [4.69, 9.17) is 5.73 Å². The number of nitrogens with two attached hydrogens (primary N) is 1. The van der Waals surface area contributed by atoms with E-state index >= 15 is 0 Å². The molecular formula is C17H20N2OS. The lowest BCUT2D eigenvalue weighted by Gasteiger charge is -2.14. The Morgan fingerprint density at radius 3 is 2.62 bits per heavy atom. The number of amides is 1. The molecule has 3 nitrogen and oxygen atoms in total. The van der Waals surface area contributed by atoms with Gasteiger partial charge in [0, 0.05) is 17.1 Å². The highest BCUT2D eigenvalue weighted by molar-refractivity contribution is 7.99. The Morgan fingerprint density at radius 2 is 1.90 bits per heavy atom. The molecule has 0 radical (unpaired) electrons. The van der Waals surface area contributed by atoms with E-state index < -0.39 is 0 Å². The summed E-state index contributed by atoms with van der Waals surface area (Å²) < 4.78 is 0. The molecule has 0 bridgehead atoms. The van der Waals surface area contributed by atoms with Gasteiger partial charge in [0.1, 0.15) is 0 Å². The van der Waals surface area contributed by atoms with Crippen LogP contribution in [0, 0.1) is 6.92 Å². The molecular weight excluding hydrogens is 280 g/mol. The van der Waals surface area contributed by atoms with Crippen LogP contribution in [0.2, 0.25) is 0 Å². The van der Waals surface area contributed by atoms with Gasteiger partial charge in [0.25, 0.3) is 0 Å². The highest BCUT2D eigenvalue weighted by atomic mass is 32.2. The molecule has 0 saturated carbocycles. The molecule has 0 spiro atoms. The lowest BCUT2D eigenvalue weighted by molar-refractivity contribution is -0.115. The highest BCUT2D eigenvalue weighted by Gasteiger charge is 2.14. The van der Waals surface area contributed by atoms with Crippen molar-refractivity contribution in [1.82, 2.24) is 0 Å². The van der Waals surface area contributed by atoms with Crippen molar-refractivity contribution < 1.29 is 4.79 Å². The molecule has 21 heavy (non-hydrogen) atoms. The number of thioether (sulfide) groups is 1. The van der Waals surface area contributed by atoms with E-state index in [9.17, 15) is 4.79 Å². The van der Waals surface area contributed by atoms with Crippen molar-refractivity contribution in [3.05, 3.63) is 59.7 Å². The first kappa shape index (κ1) is 15.4. The first-order valence-corrected chi connectivity index (χ1v) is 7.94. The molecule has 2 aromatic rings. The highest BCUT2D eigenvalue weighted by Crippen LogP contribution is 2.23. The molecule has 0 aromatic heterocycles. The first-order valence-electron chi connectivity index (χ1n) is 6.89. The largest absolute Gasteiger partial charge is 0.398 e. The topological polar surface area (TPSA) is 55.1 Å². The predicted octanol–water partition coefficient (Wildman–Crippen LogP) is 3.84. The van der Waals surface area contributed by atoms with Gasteiger partial charge in [0.2, 0.25) is 5.91 Å². The Morgan fingerprint density at radius 1 is 1.19 bits per heavy atom. The Labute approximate surface area is 129 Å². The summed E-state index contributed by atoms with van der Waals surface area (Å²) in [4.78, 5) is 12.2. The van der Waals surface area contributed by atoms with Crippen molar-refractivity contribution in [2.45, 2.75) is 24.9 Å². The summed E-state index contributed by atoms with van der Waals surface area (Å²) in [6.45, 7) is 3.83. The molecule has 3 N–H and O–H groups in total. The monoisotopic (exact) mass is 300 g/mol. The van der Waals surface area contributed by atoms with Crippen LogP contribution in [-0.4, -0.2) is 11.2 Å². The molecule has 0 aliphatic heterocycles. The molecule has 4 heteroatoms. The van der Waals surface area contributed by atoms with Crippen LogP contribution in [0.5, 0.6) is 0 Å². The number of carbonyl (C=O) groups excluding carboxylic acids is 1. The molecule has 0 aliphatic carbocycles. The zero-order valence-electron chi connectivity index (χ0n) is 12.3. The van der Waals surface area contributed by atoms with Crippen LogP contribution >= 0.6 is 11.8 Å². The number of nitrogen functional groups attached to an aromatic ring is 1. The van der Waals surface area contributed by atoms with Crippen LogP contribution in [0.1, 0.15) is 18.1 Å². The van der Waals surface area contributed by atoms with Crippen LogP contribution in [0.15, 0.2) is 48.5 Å². The Balaban J connectivity index is 1.92. The van der Waals surface area contributed by atoms with E-state index in [0.717, 1.165) is 17.0 Å². The number of benzene rings is 2. The molecule has 0 heterocycles. The maximum absolute atomic E-state index is 12.2. The molecule has 1 unspecified atom stereocenters. The van der Waals surface area contributed by atoms with Gasteiger partial charge in [-0.05, 0) is 37.1 Å². The second kappa shape index (κ2) is 7.18. The van der Waals surface area contributed by atoms with E-state index in [1.165, 1.54) is 5.56 Å². The van der Waals surface area contributed by atoms with Crippen molar-refractivity contribution in [1.29, 1.82) is 0 Å². The van der Waals surface area contributed by atoms with Gasteiger partial charge in [-0.15, -0.1) is 11.8 Å². The molecule has 0 aliphatic rings. The minimum absolute atomic E-state index is 0.00429. The third kappa shape index (κ3) is 4.26. The fourth-order valence-corrected chi connectivity index (χ4v) is 2.74. The summed E-state index contributed by atoms with van der Waals surface area (Å²) in [6, 6.07) is 15.7. The third-order valence-electron chi connectivity index (χ3n) is 3.35. The van der Waals surface area contributed by atoms with Gasteiger partial charge in [0.05, 0.1) is 5.25 Å². The number of anilines is 2. The SMILES string of the molecule is Cc1c(N)cccc1NC(=O)C(C)SCc1ccccc1. The predicted molar refractivity (Wildman–Crippen MR) is 91.4 cm³/mol. The van der Waals surface area contributed by atoms with E-state index in [-0.39, 0.29) is 11.2 Å². The fraction of sp³-hybridized carbons (Fsp3) is 0.235. The number of hydrogen-bond acceptors (Lipinski definition) is 3. The second-order valence-electron chi connectivity index (χ2n) is 4.95. The van der Waals surface area contributed by atoms with Crippen molar-refractivity contribution in [3.8, 4) is 0 Å². The minimum atomic E-state index is -0.119. The summed E-state index contributed by atoms with van der Waals surface area (Å²) in [5.41, 5.74) is 9.46. The summed E-state index contributed by atoms with van der Waals surface area (Å²) >= 11 is 1.62. The van der Waals surface area contributed by atoms with Crippen molar-refractivity contribution in [2.75, 3.05) is 11.1 Å². The Hall–Kier alpha value is -1.94. The smallest absolute Gasteiger partial charge is 0.237 e. The molecule has 1 atom stereocenters. The molecule has 0 saturated heterocycles. The zero-order chi connectivity index (χ0) is 15.2. The van der Waals surface area contributed by atoms with Gasteiger partial charge < -0.3 is 11.1 Å². The lowest BCUT2D eigenvalue weighted by atomic mass is 10.1. The summed E-state index contributed by atoms with van der Waals surface area (Å²) in [5, 5.41) is 2.83. The Kier molecular flexibility index (Phi) is 5.28. The molecule has 0 fully saturated rings. The zero-order valence-corrected chi connectivity index (χ0v) is 13.1. The van der Waals surface area contributed by atoms with Crippen molar-refractivity contribution in [2.24, 2.45) is 0 Å². The fourth-order valence-electron chi connectivity index (χ4n) is 1.89. The van der Waals surface area contributed by atoms with Gasteiger partial charge >= 0.3 is 0 Å². The van der Waals surface area contributed by atoms with Crippen molar-refractivity contribution >= 4 is 29.0 Å². The number of nitrogens with one attached hydrogen (secondary N) is 1. The first-order chi connectivity index (χ1) is 10.1. The van der Waals surface area contributed by atoms with Crippen LogP contribution in [-0.2, 0) is 10.5 Å². The van der Waals surface area contributed by atoms with Gasteiger partial charge in [-0.25, -0.2) is 0 Å². The number of hydrogen-bond donors (Lipinski definition) is 2. The van der Waals surface area contributed by atoms with Crippen LogP contribution < -0.4 is 11.1 Å². The average molecular weight is 300 g/mol. The Bertz CT molecular complexity index is 613. The lowest BCUT2D eigenvalue weighted by Crippen LogP contribution is -2.23. The molecule has 2 rings (SSSR count). The standard InChI is InChI=1S/C17H20N2OS/c1-12-15(18)9-6-10-16(12)19-17(20)13(2)21-11-14-7-4-3-5-8-14/h3-10,13H,11,18H2,1-2H3,(H,19,20). The van der Waals surface area contributed by atoms with Crippen molar-refractivity contribution in [3.63, 3.8) is 0 Å². The maximum atomic E-state index is 12.2. The summed E-state index contributed by atoms with van der Waals surface area (Å²) in [7, 11) is 0. The van der Waals surface area contributed by atoms with Crippen LogP contribution in [0.25, 0.3) is 0 Å². The minimum Gasteiger partial charge on any atom is -0.398 e. The van der Waals surface area contributed by atoms with E-state index in [1.807, 2.05) is 50.2 Å². The van der Waals surface area contributed by atoms with E-state index in [2.05, 4.69) is 17.4 Å². The van der Waals surface area contributed by atoms with Gasteiger partial charge in [0.15, 0.2) is 0 Å². The number of rotatable bonds is 5. The molecule has 1 amide bonds. The summed E-state index contributed by atoms with van der Waals surface area (Å²) in [5.74, 6) is 0.829. The summed E-state index contributed by atoms with van der Waals surface area (Å²) in [6.07, 6.45) is 0. The van der Waals surface area contributed by atoms with Crippen LogP contribution in [0.4, 0.5) is 11.4 Å². The van der Waals surface area contributed by atoms with Gasteiger partial charge in [-0.1, -0.05) is 36.4 Å². The van der Waals surface area contributed by atoms with Gasteiger partial charge in [-0.3, -0.25) is 4.79 Å². The quantitative estimate of drug-likeness (QED) is 0.825. The van der Waals surface area contributed by atoms with Gasteiger partial charge in [-0.2, -0.15) is 0 Å². The third-order valence-corrected chi connectivity index (χ3v) is 4.56. The van der Waals surface area contributed by atoms with E-state index in [0.29, 0.717) is 5.69 Å².